The van der Waals surface area contributed by atoms with Crippen LogP contribution in [-0.4, -0.2) is 10.9 Å². The van der Waals surface area contributed by atoms with Gasteiger partial charge in [0.2, 0.25) is 5.91 Å². The number of fused-ring (bicyclic) bond motifs is 1. The quantitative estimate of drug-likeness (QED) is 0.438. The van der Waals surface area contributed by atoms with E-state index in [1.807, 2.05) is 12.1 Å². The number of aromatic amines is 1. The summed E-state index contributed by atoms with van der Waals surface area (Å²) in [5.41, 5.74) is 13.6. The lowest BCUT2D eigenvalue weighted by Crippen LogP contribution is -2.11. The fourth-order valence-corrected chi connectivity index (χ4v) is 2.34. The molecule has 1 heterocycles. The molecule has 0 aliphatic carbocycles. The van der Waals surface area contributed by atoms with Gasteiger partial charge in [-0.2, -0.15) is 0 Å². The van der Waals surface area contributed by atoms with Crippen molar-refractivity contribution in [2.45, 2.75) is 0 Å². The number of aromatic nitrogens is 1. The third-order valence-electron chi connectivity index (χ3n) is 3.63. The second kappa shape index (κ2) is 6.29. The summed E-state index contributed by atoms with van der Waals surface area (Å²) in [6.45, 7) is 0. The molecule has 0 saturated heterocycles. The summed E-state index contributed by atoms with van der Waals surface area (Å²) in [5, 5.41) is 3.20. The van der Waals surface area contributed by atoms with Crippen molar-refractivity contribution in [1.29, 1.82) is 0 Å². The molecule has 0 atom stereocenters. The van der Waals surface area contributed by atoms with E-state index in [4.69, 9.17) is 11.5 Å². The van der Waals surface area contributed by atoms with Crippen LogP contribution in [0.3, 0.4) is 0 Å². The zero-order chi connectivity index (χ0) is 17.1. The van der Waals surface area contributed by atoms with Gasteiger partial charge in [0, 0.05) is 28.7 Å². The molecule has 120 valence electrons. The predicted molar refractivity (Wildman–Crippen MR) is 97.5 cm³/mol. The van der Waals surface area contributed by atoms with Crippen LogP contribution >= 0.6 is 0 Å². The number of rotatable bonds is 3. The molecule has 0 spiro atoms. The molecule has 0 radical (unpaired) electrons. The molecule has 0 aliphatic rings. The monoisotopic (exact) mass is 320 g/mol. The highest BCUT2D eigenvalue weighted by Crippen LogP contribution is 2.24. The average molecular weight is 320 g/mol. The molecule has 0 aliphatic heterocycles. The minimum absolute atomic E-state index is 0.142. The number of hydrogen-bond donors (Lipinski definition) is 4. The first kappa shape index (κ1) is 15.4. The number of carbonyl (C=O) groups is 1. The first-order valence-electron chi connectivity index (χ1n) is 7.29. The summed E-state index contributed by atoms with van der Waals surface area (Å²) in [7, 11) is 0. The van der Waals surface area contributed by atoms with Crippen molar-refractivity contribution in [3.8, 4) is 0 Å². The van der Waals surface area contributed by atoms with Crippen molar-refractivity contribution in [2.75, 3.05) is 16.8 Å². The number of nitrogens with two attached hydrogens (primary N) is 2. The molecule has 0 bridgehead atoms. The summed E-state index contributed by atoms with van der Waals surface area (Å²) >= 11 is 0. The molecule has 6 N–H and O–H groups in total. The molecule has 2 aromatic carbocycles. The van der Waals surface area contributed by atoms with E-state index in [0.717, 1.165) is 5.52 Å². The number of carbonyl (C=O) groups excluding carboxylic acids is 1. The molecule has 1 aromatic heterocycles. The maximum atomic E-state index is 12.4. The van der Waals surface area contributed by atoms with Crippen LogP contribution in [0.25, 0.3) is 17.0 Å². The Labute approximate surface area is 137 Å². The van der Waals surface area contributed by atoms with E-state index in [0.29, 0.717) is 28.0 Å². The summed E-state index contributed by atoms with van der Waals surface area (Å²) in [6, 6.07) is 12.2. The highest BCUT2D eigenvalue weighted by Gasteiger charge is 2.06. The highest BCUT2D eigenvalue weighted by atomic mass is 16.1. The van der Waals surface area contributed by atoms with Gasteiger partial charge in [-0.25, -0.2) is 0 Å². The normalized spacial score (nSPS) is 11.0. The van der Waals surface area contributed by atoms with E-state index in [9.17, 15) is 9.59 Å². The summed E-state index contributed by atoms with van der Waals surface area (Å²) in [5.74, 6) is -0.403. The zero-order valence-electron chi connectivity index (χ0n) is 12.7. The van der Waals surface area contributed by atoms with Gasteiger partial charge in [-0.3, -0.25) is 9.59 Å². The topological polar surface area (TPSA) is 114 Å². The molecule has 1 amide bonds. The average Bonchev–Trinajstić information content (AvgIpc) is 2.59. The van der Waals surface area contributed by atoms with Gasteiger partial charge < -0.3 is 21.8 Å². The van der Waals surface area contributed by atoms with Crippen LogP contribution in [0.4, 0.5) is 17.1 Å². The maximum absolute atomic E-state index is 12.4. The fourth-order valence-electron chi connectivity index (χ4n) is 2.34. The van der Waals surface area contributed by atoms with E-state index in [-0.39, 0.29) is 5.43 Å². The SMILES string of the molecule is Nc1cccc(NC(=O)C=Cc2c[nH]c3ccccc3c2=O)c1N. The zero-order valence-corrected chi connectivity index (χ0v) is 12.7. The smallest absolute Gasteiger partial charge is 0.248 e. The second-order valence-electron chi connectivity index (χ2n) is 5.25. The largest absolute Gasteiger partial charge is 0.397 e. The lowest BCUT2D eigenvalue weighted by molar-refractivity contribution is -0.111. The number of amides is 1. The summed E-state index contributed by atoms with van der Waals surface area (Å²) in [6.07, 6.45) is 4.31. The van der Waals surface area contributed by atoms with Crippen molar-refractivity contribution < 1.29 is 4.79 Å². The number of nitrogen functional groups attached to an aromatic ring is 2. The number of benzene rings is 2. The van der Waals surface area contributed by atoms with Crippen molar-refractivity contribution in [2.24, 2.45) is 0 Å². The van der Waals surface area contributed by atoms with Gasteiger partial charge in [0.15, 0.2) is 5.43 Å². The van der Waals surface area contributed by atoms with E-state index in [2.05, 4.69) is 10.3 Å². The Morgan fingerprint density at radius 1 is 1.08 bits per heavy atom. The molecular weight excluding hydrogens is 304 g/mol. The van der Waals surface area contributed by atoms with E-state index in [1.54, 1.807) is 36.5 Å². The molecule has 0 fully saturated rings. The van der Waals surface area contributed by atoms with E-state index >= 15 is 0 Å². The van der Waals surface area contributed by atoms with Gasteiger partial charge in [-0.15, -0.1) is 0 Å². The molecule has 6 heteroatoms. The van der Waals surface area contributed by atoms with Gasteiger partial charge in [-0.05, 0) is 30.3 Å². The molecule has 0 saturated carbocycles. The van der Waals surface area contributed by atoms with Gasteiger partial charge in [0.1, 0.15) is 0 Å². The number of H-pyrrole nitrogens is 1. The second-order valence-corrected chi connectivity index (χ2v) is 5.25. The van der Waals surface area contributed by atoms with Crippen LogP contribution in [0.2, 0.25) is 0 Å². The van der Waals surface area contributed by atoms with Crippen LogP contribution in [0.5, 0.6) is 0 Å². The minimum atomic E-state index is -0.403. The highest BCUT2D eigenvalue weighted by molar-refractivity contribution is 6.04. The Kier molecular flexibility index (Phi) is 4.03. The Hall–Kier alpha value is -3.54. The van der Waals surface area contributed by atoms with E-state index < -0.39 is 5.91 Å². The van der Waals surface area contributed by atoms with Crippen LogP contribution in [0, 0.1) is 0 Å². The first-order chi connectivity index (χ1) is 11.6. The molecular formula is C18H16N4O2. The first-order valence-corrected chi connectivity index (χ1v) is 7.29. The molecule has 0 unspecified atom stereocenters. The molecule has 24 heavy (non-hydrogen) atoms. The lowest BCUT2D eigenvalue weighted by Gasteiger charge is -2.07. The van der Waals surface area contributed by atoms with Crippen LogP contribution in [0.15, 0.2) is 59.5 Å². The fraction of sp³-hybridized carbons (Fsp3) is 0. The number of anilines is 3. The van der Waals surface area contributed by atoms with Crippen LogP contribution in [-0.2, 0) is 4.79 Å². The van der Waals surface area contributed by atoms with Crippen LogP contribution in [0.1, 0.15) is 5.56 Å². The van der Waals surface area contributed by atoms with Gasteiger partial charge in [0.05, 0.1) is 17.1 Å². The van der Waals surface area contributed by atoms with Crippen molar-refractivity contribution >= 4 is 39.9 Å². The lowest BCUT2D eigenvalue weighted by atomic mass is 10.1. The van der Waals surface area contributed by atoms with Crippen molar-refractivity contribution in [1.82, 2.24) is 4.98 Å². The Balaban J connectivity index is 1.83. The third kappa shape index (κ3) is 2.98. The number of para-hydroxylation sites is 2. The summed E-state index contributed by atoms with van der Waals surface area (Å²) in [4.78, 5) is 27.4. The minimum Gasteiger partial charge on any atom is -0.397 e. The molecule has 6 nitrogen and oxygen atoms in total. The Morgan fingerprint density at radius 2 is 1.88 bits per heavy atom. The van der Waals surface area contributed by atoms with Gasteiger partial charge >= 0.3 is 0 Å². The third-order valence-corrected chi connectivity index (χ3v) is 3.63. The maximum Gasteiger partial charge on any atom is 0.248 e. The van der Waals surface area contributed by atoms with Crippen molar-refractivity contribution in [3.05, 3.63) is 70.5 Å². The van der Waals surface area contributed by atoms with Crippen molar-refractivity contribution in [3.63, 3.8) is 0 Å². The van der Waals surface area contributed by atoms with E-state index in [1.165, 1.54) is 12.2 Å². The van der Waals surface area contributed by atoms with Gasteiger partial charge in [-0.1, -0.05) is 18.2 Å². The standard InChI is InChI=1S/C18H16N4O2/c19-13-5-3-7-15(17(13)20)22-16(23)9-8-11-10-21-14-6-2-1-4-12(14)18(11)24/h1-10H,19-20H2,(H,21,24)(H,22,23). The van der Waals surface area contributed by atoms with Crippen LogP contribution < -0.4 is 22.2 Å². The van der Waals surface area contributed by atoms with Gasteiger partial charge in [0.25, 0.3) is 0 Å². The number of pyridine rings is 1. The number of nitrogens with one attached hydrogen (secondary N) is 2. The number of hydrogen-bond acceptors (Lipinski definition) is 4. The predicted octanol–water partition coefficient (Wildman–Crippen LogP) is 2.34. The molecule has 3 rings (SSSR count). The molecule has 3 aromatic rings. The summed E-state index contributed by atoms with van der Waals surface area (Å²) < 4.78 is 0. The Morgan fingerprint density at radius 3 is 2.71 bits per heavy atom. The Bertz CT molecular complexity index is 1010.